The molecule has 1 fully saturated rings. The quantitative estimate of drug-likeness (QED) is 0.858. The van der Waals surface area contributed by atoms with Gasteiger partial charge >= 0.3 is 5.97 Å². The van der Waals surface area contributed by atoms with E-state index in [4.69, 9.17) is 0 Å². The van der Waals surface area contributed by atoms with E-state index in [9.17, 15) is 9.90 Å². The Balaban J connectivity index is 2.14. The highest BCUT2D eigenvalue weighted by molar-refractivity contribution is 5.85. The maximum atomic E-state index is 11.4. The number of carbonyl (C=O) groups is 1. The van der Waals surface area contributed by atoms with Crippen LogP contribution in [0.15, 0.2) is 36.5 Å². The van der Waals surface area contributed by atoms with Crippen LogP contribution in [0.25, 0.3) is 10.9 Å². The van der Waals surface area contributed by atoms with E-state index in [1.165, 1.54) is 0 Å². The number of para-hydroxylation sites is 1. The minimum Gasteiger partial charge on any atom is -0.481 e. The molecule has 3 rings (SSSR count). The number of aromatic nitrogens is 1. The van der Waals surface area contributed by atoms with Crippen molar-refractivity contribution in [3.8, 4) is 0 Å². The van der Waals surface area contributed by atoms with Gasteiger partial charge in [-0.1, -0.05) is 24.6 Å². The number of fused-ring (bicyclic) bond motifs is 1. The zero-order valence-corrected chi connectivity index (χ0v) is 9.39. The molecular weight excluding hydrogens is 214 g/mol. The predicted molar refractivity (Wildman–Crippen MR) is 64.9 cm³/mol. The van der Waals surface area contributed by atoms with Gasteiger partial charge in [0.25, 0.3) is 0 Å². The van der Waals surface area contributed by atoms with Crippen molar-refractivity contribution in [2.24, 2.45) is 0 Å². The molecular formula is C14H13NO2. The van der Waals surface area contributed by atoms with Gasteiger partial charge in [-0.05, 0) is 30.5 Å². The monoisotopic (exact) mass is 227 g/mol. The Kier molecular flexibility index (Phi) is 2.15. The highest BCUT2D eigenvalue weighted by Crippen LogP contribution is 2.44. The fourth-order valence-electron chi connectivity index (χ4n) is 2.49. The van der Waals surface area contributed by atoms with Crippen LogP contribution in [0.4, 0.5) is 0 Å². The Morgan fingerprint density at radius 3 is 2.71 bits per heavy atom. The average Bonchev–Trinajstić information content (AvgIpc) is 2.27. The standard InChI is InChI=1S/C14H13NO2/c16-13(17)14(6-3-7-14)11-8-10-4-1-2-5-12(10)15-9-11/h1-2,4-5,8-9H,3,6-7H2,(H,16,17). The number of rotatable bonds is 2. The summed E-state index contributed by atoms with van der Waals surface area (Å²) >= 11 is 0. The largest absolute Gasteiger partial charge is 0.481 e. The Morgan fingerprint density at radius 2 is 2.06 bits per heavy atom. The van der Waals surface area contributed by atoms with Gasteiger partial charge in [-0.15, -0.1) is 0 Å². The first-order valence-corrected chi connectivity index (χ1v) is 5.81. The first kappa shape index (κ1) is 10.3. The molecule has 1 N–H and O–H groups in total. The number of benzene rings is 1. The second-order valence-electron chi connectivity index (χ2n) is 4.66. The second kappa shape index (κ2) is 3.55. The zero-order valence-electron chi connectivity index (χ0n) is 9.39. The summed E-state index contributed by atoms with van der Waals surface area (Å²) in [6.45, 7) is 0. The summed E-state index contributed by atoms with van der Waals surface area (Å²) in [4.78, 5) is 15.8. The molecule has 17 heavy (non-hydrogen) atoms. The molecule has 1 aromatic heterocycles. The maximum absolute atomic E-state index is 11.4. The molecule has 0 saturated heterocycles. The first-order chi connectivity index (χ1) is 8.22. The average molecular weight is 227 g/mol. The van der Waals surface area contributed by atoms with Crippen LogP contribution in [0, 0.1) is 0 Å². The van der Waals surface area contributed by atoms with Crippen LogP contribution in [-0.4, -0.2) is 16.1 Å². The fraction of sp³-hybridized carbons (Fsp3) is 0.286. The van der Waals surface area contributed by atoms with Crippen LogP contribution in [0.5, 0.6) is 0 Å². The number of hydrogen-bond acceptors (Lipinski definition) is 2. The molecule has 0 aliphatic heterocycles. The minimum atomic E-state index is -0.721. The van der Waals surface area contributed by atoms with E-state index in [0.717, 1.165) is 35.7 Å². The van der Waals surface area contributed by atoms with Gasteiger partial charge in [0.2, 0.25) is 0 Å². The molecule has 3 heteroatoms. The SMILES string of the molecule is O=C(O)C1(c2cnc3ccccc3c2)CCC1. The molecule has 0 radical (unpaired) electrons. The highest BCUT2D eigenvalue weighted by Gasteiger charge is 2.46. The Morgan fingerprint density at radius 1 is 1.29 bits per heavy atom. The molecule has 1 aliphatic rings. The van der Waals surface area contributed by atoms with E-state index in [-0.39, 0.29) is 0 Å². The Labute approximate surface area is 99.1 Å². The number of aliphatic carboxylic acids is 1. The van der Waals surface area contributed by atoms with Crippen molar-refractivity contribution in [1.29, 1.82) is 0 Å². The molecule has 3 nitrogen and oxygen atoms in total. The summed E-state index contributed by atoms with van der Waals surface area (Å²) in [6, 6.07) is 9.76. The van der Waals surface area contributed by atoms with Gasteiger partial charge in [0, 0.05) is 11.6 Å². The smallest absolute Gasteiger partial charge is 0.314 e. The molecule has 1 aliphatic carbocycles. The third-order valence-electron chi connectivity index (χ3n) is 3.76. The molecule has 0 bridgehead atoms. The third-order valence-corrected chi connectivity index (χ3v) is 3.76. The normalized spacial score (nSPS) is 17.6. The first-order valence-electron chi connectivity index (χ1n) is 5.81. The molecule has 1 saturated carbocycles. The number of hydrogen-bond donors (Lipinski definition) is 1. The third kappa shape index (κ3) is 1.42. The van der Waals surface area contributed by atoms with Crippen molar-refractivity contribution in [3.63, 3.8) is 0 Å². The van der Waals surface area contributed by atoms with Gasteiger partial charge in [-0.25, -0.2) is 0 Å². The topological polar surface area (TPSA) is 50.2 Å². The van der Waals surface area contributed by atoms with E-state index in [0.29, 0.717) is 0 Å². The van der Waals surface area contributed by atoms with Crippen LogP contribution >= 0.6 is 0 Å². The molecule has 0 atom stereocenters. The van der Waals surface area contributed by atoms with Crippen molar-refractivity contribution in [2.45, 2.75) is 24.7 Å². The minimum absolute atomic E-state index is 0.684. The molecule has 86 valence electrons. The lowest BCUT2D eigenvalue weighted by molar-refractivity contribution is -0.147. The molecule has 1 heterocycles. The Hall–Kier alpha value is -1.90. The van der Waals surface area contributed by atoms with Crippen molar-refractivity contribution in [1.82, 2.24) is 4.98 Å². The van der Waals surface area contributed by atoms with Crippen molar-refractivity contribution in [3.05, 3.63) is 42.1 Å². The van der Waals surface area contributed by atoms with Crippen LogP contribution in [0.2, 0.25) is 0 Å². The summed E-state index contributed by atoms with van der Waals surface area (Å²) in [5.41, 5.74) is 1.07. The maximum Gasteiger partial charge on any atom is 0.314 e. The number of nitrogens with zero attached hydrogens (tertiary/aromatic N) is 1. The molecule has 0 amide bonds. The van der Waals surface area contributed by atoms with Crippen molar-refractivity contribution < 1.29 is 9.90 Å². The Bertz CT molecular complexity index is 588. The molecule has 2 aromatic rings. The number of carboxylic acids is 1. The summed E-state index contributed by atoms with van der Waals surface area (Å²) in [7, 11) is 0. The zero-order chi connectivity index (χ0) is 11.9. The van der Waals surface area contributed by atoms with E-state index in [1.54, 1.807) is 6.20 Å². The lowest BCUT2D eigenvalue weighted by Gasteiger charge is -2.37. The van der Waals surface area contributed by atoms with Crippen LogP contribution in [0.3, 0.4) is 0 Å². The van der Waals surface area contributed by atoms with Gasteiger partial charge in [0.1, 0.15) is 0 Å². The predicted octanol–water partition coefficient (Wildman–Crippen LogP) is 2.74. The van der Waals surface area contributed by atoms with Gasteiger partial charge in [-0.2, -0.15) is 0 Å². The van der Waals surface area contributed by atoms with Crippen molar-refractivity contribution >= 4 is 16.9 Å². The summed E-state index contributed by atoms with van der Waals surface area (Å²) < 4.78 is 0. The second-order valence-corrected chi connectivity index (χ2v) is 4.66. The van der Waals surface area contributed by atoms with Crippen molar-refractivity contribution in [2.75, 3.05) is 0 Å². The summed E-state index contributed by atoms with van der Waals surface area (Å²) in [6.07, 6.45) is 4.15. The number of pyridine rings is 1. The van der Waals surface area contributed by atoms with E-state index >= 15 is 0 Å². The molecule has 1 aromatic carbocycles. The summed E-state index contributed by atoms with van der Waals surface area (Å²) in [5, 5.41) is 10.4. The van der Waals surface area contributed by atoms with E-state index in [1.807, 2.05) is 30.3 Å². The fourth-order valence-corrected chi connectivity index (χ4v) is 2.49. The van der Waals surface area contributed by atoms with Gasteiger partial charge in [0.05, 0.1) is 10.9 Å². The van der Waals surface area contributed by atoms with Gasteiger partial charge in [0.15, 0.2) is 0 Å². The molecule has 0 unspecified atom stereocenters. The van der Waals surface area contributed by atoms with Crippen LogP contribution in [0.1, 0.15) is 24.8 Å². The lowest BCUT2D eigenvalue weighted by atomic mass is 9.65. The molecule has 0 spiro atoms. The van der Waals surface area contributed by atoms with Crippen LogP contribution in [-0.2, 0) is 10.2 Å². The van der Waals surface area contributed by atoms with Crippen LogP contribution < -0.4 is 0 Å². The van der Waals surface area contributed by atoms with Gasteiger partial charge < -0.3 is 5.11 Å². The highest BCUT2D eigenvalue weighted by atomic mass is 16.4. The number of carboxylic acid groups (broad SMARTS) is 1. The lowest BCUT2D eigenvalue weighted by Crippen LogP contribution is -2.42. The van der Waals surface area contributed by atoms with E-state index in [2.05, 4.69) is 4.98 Å². The summed E-state index contributed by atoms with van der Waals surface area (Å²) in [5.74, 6) is -0.721. The van der Waals surface area contributed by atoms with Gasteiger partial charge in [-0.3, -0.25) is 9.78 Å². The van der Waals surface area contributed by atoms with E-state index < -0.39 is 11.4 Å².